The molecule has 0 aliphatic carbocycles. The van der Waals surface area contributed by atoms with Gasteiger partial charge in [0.15, 0.2) is 0 Å². The molecule has 0 bridgehead atoms. The summed E-state index contributed by atoms with van der Waals surface area (Å²) < 4.78 is 5.22. The van der Waals surface area contributed by atoms with Crippen LogP contribution in [0.1, 0.15) is 18.1 Å². The summed E-state index contributed by atoms with van der Waals surface area (Å²) in [5.74, 6) is 0.137. The van der Waals surface area contributed by atoms with Crippen LogP contribution in [0.25, 0.3) is 0 Å². The van der Waals surface area contributed by atoms with Crippen LogP contribution in [0.3, 0.4) is 0 Å². The lowest BCUT2D eigenvalue weighted by molar-refractivity contribution is -0.130. The summed E-state index contributed by atoms with van der Waals surface area (Å²) in [5.41, 5.74) is 2.72. The van der Waals surface area contributed by atoms with Gasteiger partial charge in [-0.3, -0.25) is 15.0 Å². The zero-order chi connectivity index (χ0) is 19.9. The van der Waals surface area contributed by atoms with E-state index in [9.17, 15) is 9.59 Å². The molecule has 1 fully saturated rings. The predicted octanol–water partition coefficient (Wildman–Crippen LogP) is 3.75. The third-order valence-corrected chi connectivity index (χ3v) is 4.96. The summed E-state index contributed by atoms with van der Waals surface area (Å²) >= 11 is 5.84. The minimum atomic E-state index is -0.497. The number of hydrogen-bond acceptors (Lipinski definition) is 4. The fourth-order valence-corrected chi connectivity index (χ4v) is 3.18. The van der Waals surface area contributed by atoms with Crippen LogP contribution in [-0.2, 0) is 22.7 Å². The van der Waals surface area contributed by atoms with Gasteiger partial charge < -0.3 is 9.64 Å². The van der Waals surface area contributed by atoms with Crippen molar-refractivity contribution in [1.82, 2.24) is 9.80 Å². The number of ether oxygens (including phenoxy) is 1. The number of carbonyl (C=O) groups excluding carboxylic acids is 2. The van der Waals surface area contributed by atoms with Gasteiger partial charge in [-0.05, 0) is 35.4 Å². The monoisotopic (exact) mass is 401 g/mol. The predicted molar refractivity (Wildman–Crippen MR) is 109 cm³/mol. The molecule has 0 radical (unpaired) electrons. The molecule has 0 unspecified atom stereocenters. The van der Waals surface area contributed by atoms with Gasteiger partial charge >= 0.3 is 6.09 Å². The molecule has 2 aromatic carbocycles. The summed E-state index contributed by atoms with van der Waals surface area (Å²) in [5, 5.41) is 3.37. The lowest BCUT2D eigenvalue weighted by Gasteiger charge is -2.34. The van der Waals surface area contributed by atoms with E-state index in [0.29, 0.717) is 10.7 Å². The molecule has 1 aliphatic rings. The van der Waals surface area contributed by atoms with Crippen LogP contribution in [0.15, 0.2) is 48.5 Å². The van der Waals surface area contributed by atoms with Crippen LogP contribution in [0, 0.1) is 0 Å². The van der Waals surface area contributed by atoms with Gasteiger partial charge in [-0.2, -0.15) is 0 Å². The quantitative estimate of drug-likeness (QED) is 0.828. The Bertz CT molecular complexity index is 801. The number of amides is 2. The van der Waals surface area contributed by atoms with E-state index in [2.05, 4.69) is 10.2 Å². The molecule has 148 valence electrons. The van der Waals surface area contributed by atoms with E-state index in [0.717, 1.165) is 43.9 Å². The number of rotatable bonds is 5. The summed E-state index contributed by atoms with van der Waals surface area (Å²) in [7, 11) is 0. The first kappa shape index (κ1) is 20.2. The molecule has 1 heterocycles. The van der Waals surface area contributed by atoms with Crippen molar-refractivity contribution in [3.8, 4) is 0 Å². The topological polar surface area (TPSA) is 61.9 Å². The number of piperazine rings is 1. The molecule has 6 nitrogen and oxygen atoms in total. The summed E-state index contributed by atoms with van der Waals surface area (Å²) in [6.07, 6.45) is -0.497. The van der Waals surface area contributed by atoms with E-state index in [-0.39, 0.29) is 12.5 Å². The van der Waals surface area contributed by atoms with Gasteiger partial charge in [0.2, 0.25) is 5.91 Å². The molecular formula is C21H24ClN3O3. The van der Waals surface area contributed by atoms with Gasteiger partial charge in [0.25, 0.3) is 0 Å². The van der Waals surface area contributed by atoms with E-state index in [4.69, 9.17) is 16.3 Å². The SMILES string of the molecule is CC(=O)N1CCN(Cc2ccc(NC(=O)OCc3ccc(Cl)cc3)cc2)CC1. The summed E-state index contributed by atoms with van der Waals surface area (Å²) in [4.78, 5) is 27.5. The minimum Gasteiger partial charge on any atom is -0.444 e. The van der Waals surface area contributed by atoms with Crippen molar-refractivity contribution >= 4 is 29.3 Å². The van der Waals surface area contributed by atoms with Crippen LogP contribution in [-0.4, -0.2) is 48.0 Å². The van der Waals surface area contributed by atoms with E-state index in [1.54, 1.807) is 19.1 Å². The average molecular weight is 402 g/mol. The number of nitrogens with one attached hydrogen (secondary N) is 1. The Labute approximate surface area is 170 Å². The van der Waals surface area contributed by atoms with Crippen molar-refractivity contribution in [3.63, 3.8) is 0 Å². The Morgan fingerprint density at radius 2 is 1.57 bits per heavy atom. The Morgan fingerprint density at radius 1 is 0.964 bits per heavy atom. The van der Waals surface area contributed by atoms with Crippen molar-refractivity contribution in [1.29, 1.82) is 0 Å². The first-order chi connectivity index (χ1) is 13.5. The molecular weight excluding hydrogens is 378 g/mol. The minimum absolute atomic E-state index is 0.137. The fourth-order valence-electron chi connectivity index (χ4n) is 3.06. The number of halogens is 1. The Morgan fingerprint density at radius 3 is 2.18 bits per heavy atom. The lowest BCUT2D eigenvalue weighted by Crippen LogP contribution is -2.47. The largest absolute Gasteiger partial charge is 0.444 e. The van der Waals surface area contributed by atoms with Crippen molar-refractivity contribution in [2.24, 2.45) is 0 Å². The molecule has 0 atom stereocenters. The summed E-state index contributed by atoms with van der Waals surface area (Å²) in [6, 6.07) is 14.9. The second kappa shape index (κ2) is 9.57. The number of hydrogen-bond donors (Lipinski definition) is 1. The van der Waals surface area contributed by atoms with Crippen LogP contribution < -0.4 is 5.32 Å². The normalized spacial score (nSPS) is 14.6. The third kappa shape index (κ3) is 5.97. The molecule has 1 aliphatic heterocycles. The molecule has 0 aromatic heterocycles. The van der Waals surface area contributed by atoms with Crippen LogP contribution >= 0.6 is 11.6 Å². The molecule has 2 aromatic rings. The molecule has 28 heavy (non-hydrogen) atoms. The molecule has 0 saturated carbocycles. The van der Waals surface area contributed by atoms with Gasteiger partial charge in [0.05, 0.1) is 0 Å². The fraction of sp³-hybridized carbons (Fsp3) is 0.333. The average Bonchev–Trinajstić information content (AvgIpc) is 2.69. The molecule has 2 amide bonds. The van der Waals surface area contributed by atoms with Gasteiger partial charge in [-0.25, -0.2) is 4.79 Å². The number of benzene rings is 2. The zero-order valence-electron chi connectivity index (χ0n) is 15.9. The highest BCUT2D eigenvalue weighted by Gasteiger charge is 2.18. The third-order valence-electron chi connectivity index (χ3n) is 4.71. The van der Waals surface area contributed by atoms with Crippen LogP contribution in [0.2, 0.25) is 5.02 Å². The number of carbonyl (C=O) groups is 2. The highest BCUT2D eigenvalue weighted by atomic mass is 35.5. The number of anilines is 1. The van der Waals surface area contributed by atoms with Crippen molar-refractivity contribution in [2.45, 2.75) is 20.1 Å². The lowest BCUT2D eigenvalue weighted by atomic mass is 10.2. The molecule has 0 spiro atoms. The first-order valence-corrected chi connectivity index (χ1v) is 9.62. The van der Waals surface area contributed by atoms with Crippen molar-refractivity contribution in [2.75, 3.05) is 31.5 Å². The zero-order valence-corrected chi connectivity index (χ0v) is 16.6. The Kier molecular flexibility index (Phi) is 6.90. The van der Waals surface area contributed by atoms with E-state index >= 15 is 0 Å². The maximum Gasteiger partial charge on any atom is 0.411 e. The van der Waals surface area contributed by atoms with E-state index in [1.807, 2.05) is 41.3 Å². The van der Waals surface area contributed by atoms with Gasteiger partial charge in [0, 0.05) is 50.4 Å². The van der Waals surface area contributed by atoms with Gasteiger partial charge in [-0.1, -0.05) is 35.9 Å². The maximum absolute atomic E-state index is 11.9. The molecule has 1 N–H and O–H groups in total. The second-order valence-electron chi connectivity index (χ2n) is 6.81. The number of nitrogens with zero attached hydrogens (tertiary/aromatic N) is 2. The van der Waals surface area contributed by atoms with E-state index in [1.165, 1.54) is 0 Å². The Balaban J connectivity index is 1.43. The van der Waals surface area contributed by atoms with Crippen molar-refractivity contribution in [3.05, 3.63) is 64.7 Å². The standard InChI is InChI=1S/C21H24ClN3O3/c1-16(26)25-12-10-24(11-13-25)14-17-4-8-20(9-5-17)23-21(27)28-15-18-2-6-19(22)7-3-18/h2-9H,10-15H2,1H3,(H,23,27). The highest BCUT2D eigenvalue weighted by Crippen LogP contribution is 2.14. The smallest absolute Gasteiger partial charge is 0.411 e. The second-order valence-corrected chi connectivity index (χ2v) is 7.24. The van der Waals surface area contributed by atoms with Crippen LogP contribution in [0.4, 0.5) is 10.5 Å². The highest BCUT2D eigenvalue weighted by molar-refractivity contribution is 6.30. The van der Waals surface area contributed by atoms with Gasteiger partial charge in [-0.15, -0.1) is 0 Å². The van der Waals surface area contributed by atoms with Crippen molar-refractivity contribution < 1.29 is 14.3 Å². The van der Waals surface area contributed by atoms with E-state index < -0.39 is 6.09 Å². The molecule has 1 saturated heterocycles. The molecule has 7 heteroatoms. The van der Waals surface area contributed by atoms with Crippen LogP contribution in [0.5, 0.6) is 0 Å². The molecule has 3 rings (SSSR count). The maximum atomic E-state index is 11.9. The Hall–Kier alpha value is -2.57. The summed E-state index contributed by atoms with van der Waals surface area (Å²) in [6.45, 7) is 5.91. The first-order valence-electron chi connectivity index (χ1n) is 9.24. The van der Waals surface area contributed by atoms with Gasteiger partial charge in [0.1, 0.15) is 6.61 Å².